The predicted octanol–water partition coefficient (Wildman–Crippen LogP) is 4.32. The van der Waals surface area contributed by atoms with Crippen LogP contribution in [0.25, 0.3) is 17.1 Å². The van der Waals surface area contributed by atoms with Gasteiger partial charge >= 0.3 is 0 Å². The largest absolute Gasteiger partial charge is 0.342 e. The number of fused-ring (bicyclic) bond motifs is 1. The summed E-state index contributed by atoms with van der Waals surface area (Å²) in [5.41, 5.74) is 3.78. The number of hydrogen-bond acceptors (Lipinski definition) is 4. The van der Waals surface area contributed by atoms with Crippen LogP contribution in [0.2, 0.25) is 0 Å². The smallest absolute Gasteiger partial charge is 0.248 e. The summed E-state index contributed by atoms with van der Waals surface area (Å²) >= 11 is 0. The number of aromatic amines is 1. The molecule has 33 heavy (non-hydrogen) atoms. The summed E-state index contributed by atoms with van der Waals surface area (Å²) in [7, 11) is -3.34. The maximum Gasteiger partial charge on any atom is 0.248 e. The summed E-state index contributed by atoms with van der Waals surface area (Å²) in [6, 6.07) is 18.5. The van der Waals surface area contributed by atoms with Gasteiger partial charge in [0.25, 0.3) is 0 Å². The van der Waals surface area contributed by atoms with Gasteiger partial charge in [0.1, 0.15) is 11.6 Å². The van der Waals surface area contributed by atoms with Gasteiger partial charge in [0.05, 0.1) is 17.3 Å². The van der Waals surface area contributed by atoms with Crippen LogP contribution in [0.1, 0.15) is 17.0 Å². The molecule has 0 bridgehead atoms. The van der Waals surface area contributed by atoms with Crippen LogP contribution in [0.15, 0.2) is 72.8 Å². The van der Waals surface area contributed by atoms with E-state index in [9.17, 15) is 17.6 Å². The van der Waals surface area contributed by atoms with Crippen molar-refractivity contribution in [2.45, 2.75) is 6.42 Å². The SMILES string of the molecule is CS(=O)(=O)Nc1ccc(/C=C/C(=O)Nc2ccc3nc(Cc4ccccc4F)[nH]c3c2)cc1. The Hall–Kier alpha value is -3.98. The van der Waals surface area contributed by atoms with E-state index in [1.807, 2.05) is 0 Å². The number of carbonyl (C=O) groups excluding carboxylic acids is 1. The number of aromatic nitrogens is 2. The number of hydrogen-bond donors (Lipinski definition) is 3. The van der Waals surface area contributed by atoms with Gasteiger partial charge in [-0.1, -0.05) is 30.3 Å². The third-order valence-electron chi connectivity index (χ3n) is 4.76. The Kier molecular flexibility index (Phi) is 6.23. The number of H-pyrrole nitrogens is 1. The molecule has 1 amide bonds. The Bertz CT molecular complexity index is 1440. The van der Waals surface area contributed by atoms with Gasteiger partial charge in [-0.05, 0) is 53.6 Å². The highest BCUT2D eigenvalue weighted by atomic mass is 32.2. The number of halogens is 1. The normalized spacial score (nSPS) is 11.7. The number of imidazole rings is 1. The molecule has 0 unspecified atom stereocenters. The number of rotatable bonds is 7. The van der Waals surface area contributed by atoms with Crippen LogP contribution in [0, 0.1) is 5.82 Å². The second kappa shape index (κ2) is 9.25. The Balaban J connectivity index is 1.41. The van der Waals surface area contributed by atoms with E-state index in [4.69, 9.17) is 0 Å². The molecule has 4 aromatic rings. The van der Waals surface area contributed by atoms with E-state index in [2.05, 4.69) is 20.0 Å². The summed E-state index contributed by atoms with van der Waals surface area (Å²) < 4.78 is 38.8. The molecule has 3 N–H and O–H groups in total. The molecule has 1 aromatic heterocycles. The first-order chi connectivity index (χ1) is 15.7. The molecule has 0 radical (unpaired) electrons. The predicted molar refractivity (Wildman–Crippen MR) is 128 cm³/mol. The van der Waals surface area contributed by atoms with Crippen LogP contribution < -0.4 is 10.0 Å². The van der Waals surface area contributed by atoms with Gasteiger partial charge in [0, 0.05) is 23.9 Å². The average molecular weight is 465 g/mol. The van der Waals surface area contributed by atoms with Crippen LogP contribution >= 0.6 is 0 Å². The van der Waals surface area contributed by atoms with Crippen molar-refractivity contribution in [1.82, 2.24) is 9.97 Å². The number of carbonyl (C=O) groups is 1. The molecule has 0 atom stereocenters. The molecule has 0 fully saturated rings. The molecule has 0 spiro atoms. The lowest BCUT2D eigenvalue weighted by Crippen LogP contribution is -2.09. The second-order valence-corrected chi connectivity index (χ2v) is 9.25. The first-order valence-electron chi connectivity index (χ1n) is 10.0. The van der Waals surface area contributed by atoms with Gasteiger partial charge in [-0.25, -0.2) is 17.8 Å². The standard InChI is InChI=1S/C24H21FN4O3S/c1-33(31,32)29-18-9-6-16(7-10-18)8-13-24(30)26-19-11-12-21-22(15-19)28-23(27-21)14-17-4-2-3-5-20(17)25/h2-13,15,29H,14H2,1H3,(H,26,30)(H,27,28)/b13-8+. The third kappa shape index (κ3) is 6.05. The molecule has 0 aliphatic rings. The average Bonchev–Trinajstić information content (AvgIpc) is 3.15. The number of amides is 1. The van der Waals surface area contributed by atoms with E-state index in [-0.39, 0.29) is 11.7 Å². The zero-order valence-corrected chi connectivity index (χ0v) is 18.5. The fourth-order valence-corrected chi connectivity index (χ4v) is 3.84. The van der Waals surface area contributed by atoms with E-state index in [1.165, 1.54) is 12.1 Å². The van der Waals surface area contributed by atoms with Gasteiger partial charge in [0.2, 0.25) is 15.9 Å². The summed E-state index contributed by atoms with van der Waals surface area (Å²) in [6.45, 7) is 0. The third-order valence-corrected chi connectivity index (χ3v) is 5.36. The molecule has 1 heterocycles. The quantitative estimate of drug-likeness (QED) is 0.355. The molecular weight excluding hydrogens is 443 g/mol. The molecule has 7 nitrogen and oxygen atoms in total. The van der Waals surface area contributed by atoms with Crippen molar-refractivity contribution in [3.8, 4) is 0 Å². The molecule has 0 aliphatic heterocycles. The van der Waals surface area contributed by atoms with Crippen LogP contribution in [-0.4, -0.2) is 30.5 Å². The van der Waals surface area contributed by atoms with Crippen LogP contribution in [0.4, 0.5) is 15.8 Å². The maximum absolute atomic E-state index is 13.9. The van der Waals surface area contributed by atoms with Gasteiger partial charge in [0.15, 0.2) is 0 Å². The van der Waals surface area contributed by atoms with Crippen molar-refractivity contribution in [2.24, 2.45) is 0 Å². The van der Waals surface area contributed by atoms with Gasteiger partial charge in [-0.2, -0.15) is 0 Å². The Morgan fingerprint density at radius 2 is 1.79 bits per heavy atom. The van der Waals surface area contributed by atoms with Crippen molar-refractivity contribution in [3.05, 3.63) is 95.6 Å². The number of anilines is 2. The van der Waals surface area contributed by atoms with Crippen molar-refractivity contribution < 1.29 is 17.6 Å². The number of nitrogens with one attached hydrogen (secondary N) is 3. The van der Waals surface area contributed by atoms with Crippen LogP contribution in [0.3, 0.4) is 0 Å². The van der Waals surface area contributed by atoms with Crippen molar-refractivity contribution in [1.29, 1.82) is 0 Å². The van der Waals surface area contributed by atoms with Gasteiger partial charge in [-0.3, -0.25) is 9.52 Å². The highest BCUT2D eigenvalue weighted by molar-refractivity contribution is 7.92. The summed E-state index contributed by atoms with van der Waals surface area (Å²) in [5, 5.41) is 2.79. The lowest BCUT2D eigenvalue weighted by Gasteiger charge is -2.04. The number of benzene rings is 3. The fourth-order valence-electron chi connectivity index (χ4n) is 3.28. The molecule has 0 aliphatic carbocycles. The van der Waals surface area contributed by atoms with E-state index in [0.717, 1.165) is 22.9 Å². The number of nitrogens with zero attached hydrogens (tertiary/aromatic N) is 1. The minimum absolute atomic E-state index is 0.279. The molecule has 0 saturated carbocycles. The lowest BCUT2D eigenvalue weighted by atomic mass is 10.1. The maximum atomic E-state index is 13.9. The van der Waals surface area contributed by atoms with E-state index >= 15 is 0 Å². The first kappa shape index (κ1) is 22.2. The van der Waals surface area contributed by atoms with E-state index in [1.54, 1.807) is 66.7 Å². The van der Waals surface area contributed by atoms with Gasteiger partial charge in [-0.15, -0.1) is 0 Å². The molecular formula is C24H21FN4O3S. The Morgan fingerprint density at radius 1 is 1.06 bits per heavy atom. The minimum Gasteiger partial charge on any atom is -0.342 e. The van der Waals surface area contributed by atoms with Crippen molar-refractivity contribution >= 4 is 44.4 Å². The summed E-state index contributed by atoms with van der Waals surface area (Å²) in [5.74, 6) is 0.0325. The summed E-state index contributed by atoms with van der Waals surface area (Å²) in [4.78, 5) is 20.0. The fraction of sp³-hybridized carbons (Fsp3) is 0.0833. The molecule has 0 saturated heterocycles. The highest BCUT2D eigenvalue weighted by Gasteiger charge is 2.08. The number of sulfonamides is 1. The zero-order valence-electron chi connectivity index (χ0n) is 17.7. The Labute approximate surface area is 190 Å². The van der Waals surface area contributed by atoms with Crippen LogP contribution in [-0.2, 0) is 21.2 Å². The van der Waals surface area contributed by atoms with Crippen molar-refractivity contribution in [2.75, 3.05) is 16.3 Å². The highest BCUT2D eigenvalue weighted by Crippen LogP contribution is 2.20. The van der Waals surface area contributed by atoms with Gasteiger partial charge < -0.3 is 10.3 Å². The second-order valence-electron chi connectivity index (χ2n) is 7.50. The van der Waals surface area contributed by atoms with Crippen LogP contribution in [0.5, 0.6) is 0 Å². The lowest BCUT2D eigenvalue weighted by molar-refractivity contribution is -0.111. The molecule has 3 aromatic carbocycles. The molecule has 4 rings (SSSR count). The molecule has 9 heteroatoms. The Morgan fingerprint density at radius 3 is 2.52 bits per heavy atom. The molecule has 168 valence electrons. The topological polar surface area (TPSA) is 104 Å². The first-order valence-corrected chi connectivity index (χ1v) is 11.9. The monoisotopic (exact) mass is 464 g/mol. The van der Waals surface area contributed by atoms with E-state index in [0.29, 0.717) is 29.2 Å². The van der Waals surface area contributed by atoms with Crippen molar-refractivity contribution in [3.63, 3.8) is 0 Å². The zero-order chi connectivity index (χ0) is 23.4. The summed E-state index contributed by atoms with van der Waals surface area (Å²) in [6.07, 6.45) is 4.43. The minimum atomic E-state index is -3.34. The van der Waals surface area contributed by atoms with E-state index < -0.39 is 10.0 Å².